The quantitative estimate of drug-likeness (QED) is 0.622. The largest absolute Gasteiger partial charge is 0.291 e. The van der Waals surface area contributed by atoms with Crippen molar-refractivity contribution in [3.63, 3.8) is 0 Å². The first-order valence-electron chi connectivity index (χ1n) is 3.50. The molecule has 0 aliphatic rings. The highest BCUT2D eigenvalue weighted by Crippen LogP contribution is 2.10. The Bertz CT molecular complexity index is 307. The Hall–Kier alpha value is -1.25. The highest BCUT2D eigenvalue weighted by molar-refractivity contribution is 5.98. The number of hydrogen-bond acceptors (Lipinski definition) is 1. The minimum Gasteiger partial charge on any atom is -0.291 e. The summed E-state index contributed by atoms with van der Waals surface area (Å²) in [6.45, 7) is 0.540. The molecule has 0 atom stereocenters. The molecule has 0 aliphatic heterocycles. The van der Waals surface area contributed by atoms with Crippen molar-refractivity contribution in [1.82, 2.24) is 0 Å². The summed E-state index contributed by atoms with van der Waals surface area (Å²) in [5, 5.41) is 0. The van der Waals surface area contributed by atoms with Crippen LogP contribution in [0.2, 0.25) is 0 Å². The lowest BCUT2D eigenvalue weighted by Crippen LogP contribution is -2.03. The van der Waals surface area contributed by atoms with Crippen LogP contribution in [-0.4, -0.2) is 12.5 Å². The van der Waals surface area contributed by atoms with Crippen LogP contribution in [0.1, 0.15) is 15.9 Å². The number of carbonyl (C=O) groups is 1. The van der Waals surface area contributed by atoms with Gasteiger partial charge in [-0.15, -0.1) is 0 Å². The number of Topliss-reactive ketones (excluding diaryl/α,β-unsaturated/α-hetero) is 1. The van der Waals surface area contributed by atoms with E-state index in [2.05, 4.69) is 0 Å². The van der Waals surface area contributed by atoms with E-state index in [1.807, 2.05) is 0 Å². The molecule has 0 saturated carbocycles. The van der Waals surface area contributed by atoms with Crippen LogP contribution in [0.5, 0.6) is 0 Å². The van der Waals surface area contributed by atoms with Gasteiger partial charge in [0.05, 0.1) is 0 Å². The second-order valence-corrected chi connectivity index (χ2v) is 2.52. The number of benzene rings is 1. The maximum absolute atomic E-state index is 12.5. The van der Waals surface area contributed by atoms with E-state index in [0.29, 0.717) is 5.56 Å². The molecular weight excluding hydrogens is 162 g/mol. The van der Waals surface area contributed by atoms with Crippen molar-refractivity contribution < 1.29 is 13.6 Å². The van der Waals surface area contributed by atoms with Crippen LogP contribution in [0.15, 0.2) is 18.2 Å². The molecule has 0 amide bonds. The van der Waals surface area contributed by atoms with Crippen LogP contribution in [0.4, 0.5) is 8.78 Å². The van der Waals surface area contributed by atoms with E-state index < -0.39 is 18.3 Å². The molecule has 0 bridgehead atoms. The van der Waals surface area contributed by atoms with Crippen molar-refractivity contribution in [2.24, 2.45) is 0 Å². The molecule has 3 heteroatoms. The van der Waals surface area contributed by atoms with Crippen molar-refractivity contribution in [2.45, 2.75) is 6.92 Å². The molecule has 0 aromatic heterocycles. The molecule has 0 aliphatic carbocycles. The van der Waals surface area contributed by atoms with Crippen molar-refractivity contribution >= 4 is 5.78 Å². The molecule has 1 aromatic carbocycles. The Labute approximate surface area is 69.0 Å². The summed E-state index contributed by atoms with van der Waals surface area (Å²) in [5.74, 6) is -1.02. The van der Waals surface area contributed by atoms with E-state index in [1.54, 1.807) is 6.92 Å². The van der Waals surface area contributed by atoms with Gasteiger partial charge in [0, 0.05) is 5.56 Å². The fourth-order valence-corrected chi connectivity index (χ4v) is 1.01. The second kappa shape index (κ2) is 3.43. The van der Waals surface area contributed by atoms with Crippen molar-refractivity contribution in [3.05, 3.63) is 35.1 Å². The Kier molecular flexibility index (Phi) is 2.53. The lowest BCUT2D eigenvalue weighted by molar-refractivity contribution is 0.0958. The van der Waals surface area contributed by atoms with Crippen LogP contribution in [0, 0.1) is 12.7 Å². The van der Waals surface area contributed by atoms with Crippen LogP contribution < -0.4 is 0 Å². The molecule has 1 rings (SSSR count). The predicted molar refractivity (Wildman–Crippen MR) is 41.4 cm³/mol. The second-order valence-electron chi connectivity index (χ2n) is 2.52. The smallest absolute Gasteiger partial charge is 0.194 e. The molecule has 0 unspecified atom stereocenters. The summed E-state index contributed by atoms with van der Waals surface area (Å²) in [6.07, 6.45) is 0. The Balaban J connectivity index is 3.09. The number of carbonyl (C=O) groups excluding carboxylic acids is 1. The van der Waals surface area contributed by atoms with Gasteiger partial charge in [-0.05, 0) is 30.7 Å². The minimum atomic E-state index is -1.04. The molecule has 0 heterocycles. The van der Waals surface area contributed by atoms with Crippen molar-refractivity contribution in [1.29, 1.82) is 0 Å². The Morgan fingerprint density at radius 1 is 1.50 bits per heavy atom. The molecule has 0 spiro atoms. The average molecular weight is 170 g/mol. The number of alkyl halides is 1. The summed E-state index contributed by atoms with van der Waals surface area (Å²) >= 11 is 0. The SMILES string of the molecule is Cc1cc(F)ccc1C(=O)CF. The zero-order chi connectivity index (χ0) is 9.14. The standard InChI is InChI=1S/C9H8F2O/c1-6-4-7(11)2-3-8(6)9(12)5-10/h2-4H,5H2,1H3. The fourth-order valence-electron chi connectivity index (χ4n) is 1.01. The van der Waals surface area contributed by atoms with E-state index in [-0.39, 0.29) is 5.56 Å². The summed E-state index contributed by atoms with van der Waals surface area (Å²) in [7, 11) is 0. The van der Waals surface area contributed by atoms with E-state index in [1.165, 1.54) is 12.1 Å². The number of halogens is 2. The van der Waals surface area contributed by atoms with Gasteiger partial charge in [-0.25, -0.2) is 8.78 Å². The number of ketones is 1. The first kappa shape index (κ1) is 8.84. The summed E-state index contributed by atoms with van der Waals surface area (Å²) in [6, 6.07) is 3.66. The monoisotopic (exact) mass is 170 g/mol. The topological polar surface area (TPSA) is 17.1 Å². The lowest BCUT2D eigenvalue weighted by atomic mass is 10.1. The fraction of sp³-hybridized carbons (Fsp3) is 0.222. The molecule has 64 valence electrons. The van der Waals surface area contributed by atoms with Crippen LogP contribution in [-0.2, 0) is 0 Å². The Morgan fingerprint density at radius 2 is 2.17 bits per heavy atom. The first-order valence-corrected chi connectivity index (χ1v) is 3.50. The summed E-state index contributed by atoms with van der Waals surface area (Å²) < 4.78 is 24.4. The minimum absolute atomic E-state index is 0.249. The lowest BCUT2D eigenvalue weighted by Gasteiger charge is -2.00. The Morgan fingerprint density at radius 3 is 2.67 bits per heavy atom. The molecule has 1 nitrogen and oxygen atoms in total. The normalized spacial score (nSPS) is 9.92. The van der Waals surface area contributed by atoms with Gasteiger partial charge in [0.2, 0.25) is 0 Å². The molecule has 12 heavy (non-hydrogen) atoms. The molecule has 0 fully saturated rings. The zero-order valence-electron chi connectivity index (χ0n) is 6.60. The van der Waals surface area contributed by atoms with Crippen LogP contribution in [0.25, 0.3) is 0 Å². The van der Waals surface area contributed by atoms with E-state index >= 15 is 0 Å². The van der Waals surface area contributed by atoms with E-state index in [4.69, 9.17) is 0 Å². The molecular formula is C9H8F2O. The average Bonchev–Trinajstić information content (AvgIpc) is 2.03. The van der Waals surface area contributed by atoms with Crippen LogP contribution in [0.3, 0.4) is 0 Å². The van der Waals surface area contributed by atoms with Gasteiger partial charge in [-0.3, -0.25) is 4.79 Å². The maximum Gasteiger partial charge on any atom is 0.194 e. The molecule has 0 saturated heterocycles. The van der Waals surface area contributed by atoms with E-state index in [9.17, 15) is 13.6 Å². The summed E-state index contributed by atoms with van der Waals surface area (Å²) in [5.41, 5.74) is 0.719. The van der Waals surface area contributed by atoms with Crippen LogP contribution >= 0.6 is 0 Å². The molecule has 0 N–H and O–H groups in total. The van der Waals surface area contributed by atoms with Gasteiger partial charge < -0.3 is 0 Å². The first-order chi connectivity index (χ1) is 5.65. The van der Waals surface area contributed by atoms with E-state index in [0.717, 1.165) is 6.07 Å². The molecule has 1 aromatic rings. The third kappa shape index (κ3) is 1.67. The van der Waals surface area contributed by atoms with Gasteiger partial charge in [0.25, 0.3) is 0 Å². The number of aryl methyl sites for hydroxylation is 1. The third-order valence-electron chi connectivity index (χ3n) is 1.61. The number of hydrogen-bond donors (Lipinski definition) is 0. The van der Waals surface area contributed by atoms with Gasteiger partial charge in [-0.2, -0.15) is 0 Å². The zero-order valence-corrected chi connectivity index (χ0v) is 6.60. The van der Waals surface area contributed by atoms with Gasteiger partial charge >= 0.3 is 0 Å². The number of rotatable bonds is 2. The van der Waals surface area contributed by atoms with Gasteiger partial charge in [-0.1, -0.05) is 0 Å². The summed E-state index contributed by atoms with van der Waals surface area (Å²) in [4.78, 5) is 10.8. The predicted octanol–water partition coefficient (Wildman–Crippen LogP) is 2.29. The van der Waals surface area contributed by atoms with Gasteiger partial charge in [0.15, 0.2) is 12.5 Å². The molecule has 0 radical (unpaired) electrons. The third-order valence-corrected chi connectivity index (χ3v) is 1.61. The van der Waals surface area contributed by atoms with Crippen molar-refractivity contribution in [3.8, 4) is 0 Å². The van der Waals surface area contributed by atoms with Crippen molar-refractivity contribution in [2.75, 3.05) is 6.67 Å². The highest BCUT2D eigenvalue weighted by atomic mass is 19.1. The van der Waals surface area contributed by atoms with Gasteiger partial charge in [0.1, 0.15) is 5.82 Å². The maximum atomic E-state index is 12.5. The highest BCUT2D eigenvalue weighted by Gasteiger charge is 2.08.